The highest BCUT2D eigenvalue weighted by atomic mass is 79.9. The Bertz CT molecular complexity index is 525. The summed E-state index contributed by atoms with van der Waals surface area (Å²) in [5.41, 5.74) is 6.51. The second-order valence-corrected chi connectivity index (χ2v) is 6.20. The molecule has 102 valence electrons. The fraction of sp³-hybridized carbons (Fsp3) is 0.462. The van der Waals surface area contributed by atoms with Gasteiger partial charge in [-0.2, -0.15) is 0 Å². The third-order valence-electron chi connectivity index (χ3n) is 3.94. The van der Waals surface area contributed by atoms with Gasteiger partial charge in [0.25, 0.3) is 5.91 Å². The highest BCUT2D eigenvalue weighted by Crippen LogP contribution is 2.38. The van der Waals surface area contributed by atoms with E-state index < -0.39 is 0 Å². The van der Waals surface area contributed by atoms with E-state index in [-0.39, 0.29) is 24.1 Å². The zero-order valence-electron chi connectivity index (χ0n) is 10.1. The number of carbonyl (C=O) groups is 1. The van der Waals surface area contributed by atoms with E-state index in [9.17, 15) is 4.79 Å². The van der Waals surface area contributed by atoms with Gasteiger partial charge < -0.3 is 15.8 Å². The van der Waals surface area contributed by atoms with Gasteiger partial charge in [0.1, 0.15) is 0 Å². The van der Waals surface area contributed by atoms with Crippen LogP contribution in [0.3, 0.4) is 0 Å². The molecular formula is C13H14BrClN2O2. The molecule has 4 atom stereocenters. The number of halogens is 2. The first-order chi connectivity index (χ1) is 9.09. The summed E-state index contributed by atoms with van der Waals surface area (Å²) in [6, 6.07) is 5.13. The fourth-order valence-electron chi connectivity index (χ4n) is 2.84. The van der Waals surface area contributed by atoms with E-state index in [1.807, 2.05) is 0 Å². The third kappa shape index (κ3) is 2.18. The Labute approximate surface area is 124 Å². The van der Waals surface area contributed by atoms with Gasteiger partial charge in [-0.1, -0.05) is 17.7 Å². The Morgan fingerprint density at radius 2 is 2.32 bits per heavy atom. The van der Waals surface area contributed by atoms with Crippen molar-refractivity contribution in [1.82, 2.24) is 5.32 Å². The molecule has 19 heavy (non-hydrogen) atoms. The summed E-state index contributed by atoms with van der Waals surface area (Å²) >= 11 is 9.42. The van der Waals surface area contributed by atoms with E-state index in [4.69, 9.17) is 22.1 Å². The molecule has 2 fully saturated rings. The van der Waals surface area contributed by atoms with Gasteiger partial charge in [0, 0.05) is 23.0 Å². The van der Waals surface area contributed by atoms with E-state index in [0.29, 0.717) is 21.0 Å². The van der Waals surface area contributed by atoms with Gasteiger partial charge >= 0.3 is 0 Å². The van der Waals surface area contributed by atoms with E-state index in [1.165, 1.54) is 0 Å². The van der Waals surface area contributed by atoms with Crippen LogP contribution in [0.15, 0.2) is 22.7 Å². The molecule has 1 amide bonds. The molecule has 1 saturated heterocycles. The van der Waals surface area contributed by atoms with Crippen LogP contribution in [0.2, 0.25) is 5.02 Å². The quantitative estimate of drug-likeness (QED) is 0.861. The molecule has 4 unspecified atom stereocenters. The predicted molar refractivity (Wildman–Crippen MR) is 76.2 cm³/mol. The summed E-state index contributed by atoms with van der Waals surface area (Å²) < 4.78 is 6.29. The highest BCUT2D eigenvalue weighted by Gasteiger charge is 2.52. The number of nitrogens with two attached hydrogens (primary N) is 1. The summed E-state index contributed by atoms with van der Waals surface area (Å²) in [6.45, 7) is 0.729. The van der Waals surface area contributed by atoms with Crippen LogP contribution in [0.25, 0.3) is 0 Å². The molecule has 3 rings (SSSR count). The first-order valence-corrected chi connectivity index (χ1v) is 7.39. The first kappa shape index (κ1) is 13.4. The second-order valence-electron chi connectivity index (χ2n) is 4.97. The minimum Gasteiger partial charge on any atom is -0.376 e. The standard InChI is InChI=1S/C13H14BrClN2O2/c14-8-3-1-2-6(9(8)15)13(18)17-11-10(16)7-4-5-19-12(7)11/h1-3,7,10-12H,4-5,16H2,(H,17,18). The molecule has 1 aliphatic carbocycles. The lowest BCUT2D eigenvalue weighted by atomic mass is 9.72. The number of benzene rings is 1. The molecule has 0 bridgehead atoms. The van der Waals surface area contributed by atoms with Crippen LogP contribution < -0.4 is 11.1 Å². The van der Waals surface area contributed by atoms with Crippen molar-refractivity contribution in [2.24, 2.45) is 11.7 Å². The SMILES string of the molecule is NC1C2CCOC2C1NC(=O)c1cccc(Br)c1Cl. The van der Waals surface area contributed by atoms with Gasteiger partial charge in [-0.3, -0.25) is 4.79 Å². The topological polar surface area (TPSA) is 64.3 Å². The average Bonchev–Trinajstić information content (AvgIpc) is 2.83. The number of fused-ring (bicyclic) bond motifs is 1. The smallest absolute Gasteiger partial charge is 0.253 e. The van der Waals surface area contributed by atoms with Gasteiger partial charge in [-0.15, -0.1) is 0 Å². The average molecular weight is 346 g/mol. The minimum absolute atomic E-state index is 0.0256. The number of rotatable bonds is 2. The molecular weight excluding hydrogens is 332 g/mol. The number of hydrogen-bond acceptors (Lipinski definition) is 3. The molecule has 1 heterocycles. The van der Waals surface area contributed by atoms with E-state index in [0.717, 1.165) is 13.0 Å². The largest absolute Gasteiger partial charge is 0.376 e. The summed E-state index contributed by atoms with van der Waals surface area (Å²) in [5, 5.41) is 3.34. The van der Waals surface area contributed by atoms with Crippen LogP contribution in [0.1, 0.15) is 16.8 Å². The van der Waals surface area contributed by atoms with E-state index in [2.05, 4.69) is 21.2 Å². The maximum absolute atomic E-state index is 12.2. The van der Waals surface area contributed by atoms with E-state index in [1.54, 1.807) is 18.2 Å². The zero-order chi connectivity index (χ0) is 13.6. The van der Waals surface area contributed by atoms with Gasteiger partial charge in [-0.05, 0) is 34.5 Å². The third-order valence-corrected chi connectivity index (χ3v) is 5.24. The van der Waals surface area contributed by atoms with Crippen molar-refractivity contribution < 1.29 is 9.53 Å². The first-order valence-electron chi connectivity index (χ1n) is 6.21. The lowest BCUT2D eigenvalue weighted by Crippen LogP contribution is -2.68. The molecule has 0 aromatic heterocycles. The summed E-state index contributed by atoms with van der Waals surface area (Å²) in [6.07, 6.45) is 1.04. The van der Waals surface area contributed by atoms with Crippen LogP contribution >= 0.6 is 27.5 Å². The van der Waals surface area contributed by atoms with Crippen molar-refractivity contribution in [3.63, 3.8) is 0 Å². The van der Waals surface area contributed by atoms with Gasteiger partial charge in [0.2, 0.25) is 0 Å². The Morgan fingerprint density at radius 3 is 3.11 bits per heavy atom. The van der Waals surface area contributed by atoms with Crippen molar-refractivity contribution in [3.05, 3.63) is 33.3 Å². The molecule has 1 aromatic carbocycles. The summed E-state index contributed by atoms with van der Waals surface area (Å²) in [4.78, 5) is 12.2. The van der Waals surface area contributed by atoms with Gasteiger partial charge in [0.15, 0.2) is 0 Å². The minimum atomic E-state index is -0.208. The van der Waals surface area contributed by atoms with Crippen molar-refractivity contribution in [3.8, 4) is 0 Å². The Morgan fingerprint density at radius 1 is 1.53 bits per heavy atom. The maximum Gasteiger partial charge on any atom is 0.253 e. The van der Waals surface area contributed by atoms with Crippen molar-refractivity contribution in [1.29, 1.82) is 0 Å². The molecule has 0 spiro atoms. The molecule has 1 aliphatic heterocycles. The normalized spacial score (nSPS) is 32.6. The Balaban J connectivity index is 1.73. The monoisotopic (exact) mass is 344 g/mol. The van der Waals surface area contributed by atoms with Crippen LogP contribution in [0.5, 0.6) is 0 Å². The highest BCUT2D eigenvalue weighted by molar-refractivity contribution is 9.10. The number of amides is 1. The predicted octanol–water partition coefficient (Wildman–Crippen LogP) is 1.95. The number of hydrogen-bond donors (Lipinski definition) is 2. The van der Waals surface area contributed by atoms with Crippen molar-refractivity contribution >= 4 is 33.4 Å². The Hall–Kier alpha value is -0.620. The van der Waals surface area contributed by atoms with Crippen LogP contribution in [0.4, 0.5) is 0 Å². The van der Waals surface area contributed by atoms with Crippen LogP contribution in [-0.2, 0) is 4.74 Å². The molecule has 3 N–H and O–H groups in total. The van der Waals surface area contributed by atoms with Crippen LogP contribution in [0, 0.1) is 5.92 Å². The summed E-state index contributed by atoms with van der Waals surface area (Å²) in [5.74, 6) is 0.170. The van der Waals surface area contributed by atoms with Gasteiger partial charge in [-0.25, -0.2) is 0 Å². The zero-order valence-corrected chi connectivity index (χ0v) is 12.4. The Kier molecular flexibility index (Phi) is 3.55. The second kappa shape index (κ2) is 5.05. The lowest BCUT2D eigenvalue weighted by Gasteiger charge is -2.45. The van der Waals surface area contributed by atoms with Crippen molar-refractivity contribution in [2.45, 2.75) is 24.6 Å². The summed E-state index contributed by atoms with van der Waals surface area (Å²) in [7, 11) is 0. The molecule has 1 saturated carbocycles. The number of ether oxygens (including phenoxy) is 1. The number of nitrogens with one attached hydrogen (secondary N) is 1. The van der Waals surface area contributed by atoms with Crippen molar-refractivity contribution in [2.75, 3.05) is 6.61 Å². The van der Waals surface area contributed by atoms with E-state index >= 15 is 0 Å². The molecule has 6 heteroatoms. The molecule has 1 aromatic rings. The number of carbonyl (C=O) groups excluding carboxylic acids is 1. The van der Waals surface area contributed by atoms with Gasteiger partial charge in [0.05, 0.1) is 22.7 Å². The molecule has 4 nitrogen and oxygen atoms in total. The molecule has 0 radical (unpaired) electrons. The fourth-order valence-corrected chi connectivity index (χ4v) is 3.41. The lowest BCUT2D eigenvalue weighted by molar-refractivity contribution is -0.0161. The van der Waals surface area contributed by atoms with Crippen LogP contribution in [-0.4, -0.2) is 30.7 Å². The maximum atomic E-state index is 12.2. The molecule has 2 aliphatic rings.